The van der Waals surface area contributed by atoms with Crippen LogP contribution < -0.4 is 10.5 Å². The van der Waals surface area contributed by atoms with Crippen LogP contribution in [0.2, 0.25) is 5.02 Å². The number of benzene rings is 2. The van der Waals surface area contributed by atoms with Crippen molar-refractivity contribution in [2.24, 2.45) is 5.73 Å². The summed E-state index contributed by atoms with van der Waals surface area (Å²) < 4.78 is 18.5. The summed E-state index contributed by atoms with van der Waals surface area (Å²) in [5, 5.41) is 0.0832. The van der Waals surface area contributed by atoms with Gasteiger partial charge < -0.3 is 10.5 Å². The average molecular weight is 294 g/mol. The Hall–Kier alpha value is -1.58. The van der Waals surface area contributed by atoms with E-state index in [9.17, 15) is 4.39 Å². The topological polar surface area (TPSA) is 35.2 Å². The monoisotopic (exact) mass is 293 g/mol. The van der Waals surface area contributed by atoms with Gasteiger partial charge in [-0.3, -0.25) is 0 Å². The van der Waals surface area contributed by atoms with Crippen molar-refractivity contribution in [3.63, 3.8) is 0 Å². The Bertz CT molecular complexity index is 619. The van der Waals surface area contributed by atoms with Crippen molar-refractivity contribution in [1.82, 2.24) is 0 Å². The lowest BCUT2D eigenvalue weighted by atomic mass is 9.95. The molecule has 0 aromatic heterocycles. The number of nitrogens with two attached hydrogens (primary N) is 1. The third-order valence-corrected chi connectivity index (χ3v) is 3.64. The summed E-state index contributed by atoms with van der Waals surface area (Å²) in [6.07, 6.45) is 0. The molecule has 0 radical (unpaired) electrons. The van der Waals surface area contributed by atoms with Crippen molar-refractivity contribution < 1.29 is 9.13 Å². The Morgan fingerprint density at radius 2 is 1.70 bits per heavy atom. The highest BCUT2D eigenvalue weighted by Gasteiger charge is 2.14. The first-order valence-corrected chi connectivity index (χ1v) is 6.67. The Labute approximate surface area is 123 Å². The number of rotatable bonds is 3. The molecule has 0 fully saturated rings. The minimum atomic E-state index is -0.440. The van der Waals surface area contributed by atoms with Crippen LogP contribution in [0.4, 0.5) is 4.39 Å². The van der Waals surface area contributed by atoms with Crippen molar-refractivity contribution in [3.05, 3.63) is 63.4 Å². The molecule has 2 aromatic rings. The van der Waals surface area contributed by atoms with Crippen LogP contribution in [0, 0.1) is 19.7 Å². The van der Waals surface area contributed by atoms with Gasteiger partial charge in [-0.2, -0.15) is 0 Å². The maximum atomic E-state index is 13.2. The minimum Gasteiger partial charge on any atom is -0.496 e. The molecule has 0 aliphatic rings. The van der Waals surface area contributed by atoms with Gasteiger partial charge in [0.15, 0.2) is 0 Å². The van der Waals surface area contributed by atoms with Gasteiger partial charge >= 0.3 is 0 Å². The van der Waals surface area contributed by atoms with Crippen molar-refractivity contribution in [2.75, 3.05) is 7.11 Å². The van der Waals surface area contributed by atoms with E-state index < -0.39 is 5.82 Å². The number of ether oxygens (including phenoxy) is 1. The standard InChI is InChI=1S/C16H17ClFNO/c1-9-6-12(7-10(2)16(9)20-3)15(19)11-4-5-14(18)13(17)8-11/h4-8,15H,19H2,1-3H3. The fraction of sp³-hybridized carbons (Fsp3) is 0.250. The van der Waals surface area contributed by atoms with Crippen molar-refractivity contribution in [2.45, 2.75) is 19.9 Å². The Kier molecular flexibility index (Phi) is 4.31. The van der Waals surface area contributed by atoms with Gasteiger partial charge in [-0.05, 0) is 48.2 Å². The fourth-order valence-corrected chi connectivity index (χ4v) is 2.57. The second-order valence-electron chi connectivity index (χ2n) is 4.84. The van der Waals surface area contributed by atoms with Crippen molar-refractivity contribution >= 4 is 11.6 Å². The zero-order chi connectivity index (χ0) is 14.9. The van der Waals surface area contributed by atoms with E-state index in [2.05, 4.69) is 0 Å². The van der Waals surface area contributed by atoms with Crippen LogP contribution in [0.1, 0.15) is 28.3 Å². The van der Waals surface area contributed by atoms with Gasteiger partial charge in [0.2, 0.25) is 0 Å². The van der Waals surface area contributed by atoms with E-state index in [1.54, 1.807) is 19.2 Å². The molecule has 2 rings (SSSR count). The normalized spacial score (nSPS) is 12.3. The lowest BCUT2D eigenvalue weighted by Crippen LogP contribution is -2.12. The SMILES string of the molecule is COc1c(C)cc(C(N)c2ccc(F)c(Cl)c2)cc1C. The minimum absolute atomic E-state index is 0.0832. The smallest absolute Gasteiger partial charge is 0.141 e. The van der Waals surface area contributed by atoms with E-state index in [1.807, 2.05) is 26.0 Å². The van der Waals surface area contributed by atoms with Gasteiger partial charge in [0.1, 0.15) is 11.6 Å². The third-order valence-electron chi connectivity index (χ3n) is 3.35. The van der Waals surface area contributed by atoms with E-state index in [-0.39, 0.29) is 11.1 Å². The molecule has 0 spiro atoms. The molecule has 0 heterocycles. The third kappa shape index (κ3) is 2.79. The van der Waals surface area contributed by atoms with Crippen LogP contribution in [-0.2, 0) is 0 Å². The zero-order valence-electron chi connectivity index (χ0n) is 11.7. The maximum Gasteiger partial charge on any atom is 0.141 e. The highest BCUT2D eigenvalue weighted by Crippen LogP contribution is 2.30. The molecule has 2 aromatic carbocycles. The molecule has 1 unspecified atom stereocenters. The highest BCUT2D eigenvalue weighted by molar-refractivity contribution is 6.30. The molecule has 0 aliphatic carbocycles. The van der Waals surface area contributed by atoms with E-state index in [0.29, 0.717) is 0 Å². The molecule has 0 amide bonds. The number of hydrogen-bond acceptors (Lipinski definition) is 2. The molecular formula is C16H17ClFNO. The summed E-state index contributed by atoms with van der Waals surface area (Å²) in [5.74, 6) is 0.419. The molecule has 20 heavy (non-hydrogen) atoms. The predicted molar refractivity (Wildman–Crippen MR) is 79.9 cm³/mol. The molecule has 1 atom stereocenters. The second kappa shape index (κ2) is 5.81. The van der Waals surface area contributed by atoms with Gasteiger partial charge in [-0.15, -0.1) is 0 Å². The van der Waals surface area contributed by atoms with Gasteiger partial charge in [0.25, 0.3) is 0 Å². The molecule has 0 bridgehead atoms. The summed E-state index contributed by atoms with van der Waals surface area (Å²) in [4.78, 5) is 0. The quantitative estimate of drug-likeness (QED) is 0.922. The van der Waals surface area contributed by atoms with Gasteiger partial charge in [-0.1, -0.05) is 29.8 Å². The molecule has 4 heteroatoms. The largest absolute Gasteiger partial charge is 0.496 e. The zero-order valence-corrected chi connectivity index (χ0v) is 12.5. The number of aryl methyl sites for hydroxylation is 2. The van der Waals surface area contributed by atoms with Crippen molar-refractivity contribution in [1.29, 1.82) is 0 Å². The number of methoxy groups -OCH3 is 1. The average Bonchev–Trinajstić information content (AvgIpc) is 2.40. The van der Waals surface area contributed by atoms with Crippen LogP contribution in [0.15, 0.2) is 30.3 Å². The van der Waals surface area contributed by atoms with Crippen molar-refractivity contribution in [3.8, 4) is 5.75 Å². The van der Waals surface area contributed by atoms with E-state index in [0.717, 1.165) is 28.0 Å². The first kappa shape index (κ1) is 14.8. The molecule has 0 saturated heterocycles. The first-order valence-electron chi connectivity index (χ1n) is 6.29. The Balaban J connectivity index is 2.42. The Morgan fingerprint density at radius 1 is 1.10 bits per heavy atom. The van der Waals surface area contributed by atoms with Crippen LogP contribution in [0.5, 0.6) is 5.75 Å². The predicted octanol–water partition coefficient (Wildman–Crippen LogP) is 4.15. The maximum absolute atomic E-state index is 13.2. The summed E-state index contributed by atoms with van der Waals surface area (Å²) in [5.41, 5.74) is 10.0. The van der Waals surface area contributed by atoms with Crippen LogP contribution in [-0.4, -0.2) is 7.11 Å². The molecule has 106 valence electrons. The van der Waals surface area contributed by atoms with Gasteiger partial charge in [0.05, 0.1) is 18.2 Å². The molecule has 0 saturated carbocycles. The summed E-state index contributed by atoms with van der Waals surface area (Å²) in [6, 6.07) is 8.16. The van der Waals surface area contributed by atoms with E-state index in [4.69, 9.17) is 22.1 Å². The molecular weight excluding hydrogens is 277 g/mol. The summed E-state index contributed by atoms with van der Waals surface area (Å²) in [6.45, 7) is 3.94. The second-order valence-corrected chi connectivity index (χ2v) is 5.25. The van der Waals surface area contributed by atoms with Crippen LogP contribution >= 0.6 is 11.6 Å². The molecule has 2 N–H and O–H groups in total. The van der Waals surface area contributed by atoms with Crippen LogP contribution in [0.25, 0.3) is 0 Å². The molecule has 0 aliphatic heterocycles. The summed E-state index contributed by atoms with van der Waals surface area (Å²) >= 11 is 5.81. The number of hydrogen-bond donors (Lipinski definition) is 1. The molecule has 2 nitrogen and oxygen atoms in total. The lowest BCUT2D eigenvalue weighted by molar-refractivity contribution is 0.408. The van der Waals surface area contributed by atoms with Crippen LogP contribution in [0.3, 0.4) is 0 Å². The van der Waals surface area contributed by atoms with E-state index in [1.165, 1.54) is 6.07 Å². The van der Waals surface area contributed by atoms with E-state index >= 15 is 0 Å². The first-order chi connectivity index (χ1) is 9.43. The summed E-state index contributed by atoms with van der Waals surface area (Å²) in [7, 11) is 1.65. The number of halogens is 2. The Morgan fingerprint density at radius 3 is 2.20 bits per heavy atom. The highest BCUT2D eigenvalue weighted by atomic mass is 35.5. The fourth-order valence-electron chi connectivity index (χ4n) is 2.38. The van der Waals surface area contributed by atoms with Gasteiger partial charge in [-0.25, -0.2) is 4.39 Å². The lowest BCUT2D eigenvalue weighted by Gasteiger charge is -2.17. The van der Waals surface area contributed by atoms with Gasteiger partial charge in [0, 0.05) is 0 Å².